The first-order valence-electron chi connectivity index (χ1n) is 13.4. The van der Waals surface area contributed by atoms with Gasteiger partial charge in [0.1, 0.15) is 11.6 Å². The fraction of sp³-hybridized carbons (Fsp3) is 0.517. The lowest BCUT2D eigenvalue weighted by Crippen LogP contribution is -2.35. The first-order chi connectivity index (χ1) is 17.6. The van der Waals surface area contributed by atoms with Gasteiger partial charge in [-0.15, -0.1) is 0 Å². The zero-order valence-electron chi connectivity index (χ0n) is 23.1. The van der Waals surface area contributed by atoms with Crippen LogP contribution < -0.4 is 10.6 Å². The normalized spacial score (nSPS) is 15.1. The van der Waals surface area contributed by atoms with Crippen LogP contribution in [-0.2, 0) is 18.4 Å². The molecule has 4 rings (SSSR count). The predicted molar refractivity (Wildman–Crippen MR) is 149 cm³/mol. The maximum Gasteiger partial charge on any atom is 0.321 e. The molecule has 3 aromatic rings. The van der Waals surface area contributed by atoms with E-state index in [-0.39, 0.29) is 17.0 Å². The van der Waals surface area contributed by atoms with Gasteiger partial charge in [-0.05, 0) is 88.5 Å². The summed E-state index contributed by atoms with van der Waals surface area (Å²) in [6, 6.07) is 8.28. The smallest absolute Gasteiger partial charge is 0.321 e. The topological polar surface area (TPSA) is 88.0 Å². The molecule has 0 spiro atoms. The molecule has 8 heteroatoms. The van der Waals surface area contributed by atoms with Crippen molar-refractivity contribution in [2.75, 3.05) is 23.7 Å². The molecule has 0 saturated carbocycles. The summed E-state index contributed by atoms with van der Waals surface area (Å²) in [5.74, 6) is 1.58. The van der Waals surface area contributed by atoms with Crippen molar-refractivity contribution in [2.24, 2.45) is 5.41 Å². The van der Waals surface area contributed by atoms with Gasteiger partial charge >= 0.3 is 6.03 Å². The van der Waals surface area contributed by atoms with Crippen molar-refractivity contribution in [3.05, 3.63) is 59.7 Å². The number of hydrogen-bond acceptors (Lipinski definition) is 5. The number of carbonyl (C=O) groups excluding carboxylic acids is 1. The summed E-state index contributed by atoms with van der Waals surface area (Å²) in [6.07, 6.45) is 9.97. The standard InChI is InChI=1S/C29H41N7O/c1-7-29(8-2)13-16-35(20-29)27(37)32-23-11-9-21(3)22(17-23)10-12-24-18-26(36(34-24)28(4,5)6)33-25-19-30-14-15-31-25/h9,11,14-15,17-19H,7-8,10,12-13,16,20H2,1-6H3,(H,31,33)(H,32,37). The molecule has 0 bridgehead atoms. The molecule has 1 aliphatic heterocycles. The van der Waals surface area contributed by atoms with Crippen molar-refractivity contribution in [3.63, 3.8) is 0 Å². The fourth-order valence-electron chi connectivity index (χ4n) is 5.07. The fourth-order valence-corrected chi connectivity index (χ4v) is 5.07. The lowest BCUT2D eigenvalue weighted by Gasteiger charge is -2.26. The molecule has 2 aromatic heterocycles. The molecule has 8 nitrogen and oxygen atoms in total. The maximum absolute atomic E-state index is 13.0. The van der Waals surface area contributed by atoms with E-state index >= 15 is 0 Å². The second-order valence-corrected chi connectivity index (χ2v) is 11.3. The lowest BCUT2D eigenvalue weighted by molar-refractivity contribution is 0.209. The monoisotopic (exact) mass is 503 g/mol. The van der Waals surface area contributed by atoms with Crippen molar-refractivity contribution < 1.29 is 4.79 Å². The largest absolute Gasteiger partial charge is 0.324 e. The van der Waals surface area contributed by atoms with Crippen molar-refractivity contribution >= 4 is 23.4 Å². The average Bonchev–Trinajstić information content (AvgIpc) is 3.50. The first-order valence-corrected chi connectivity index (χ1v) is 13.4. The Hall–Kier alpha value is -3.42. The van der Waals surface area contributed by atoms with Crippen LogP contribution in [0.5, 0.6) is 0 Å². The molecular formula is C29H41N7O. The Kier molecular flexibility index (Phi) is 7.85. The molecule has 1 fully saturated rings. The number of anilines is 3. The molecule has 2 N–H and O–H groups in total. The Morgan fingerprint density at radius 1 is 1.11 bits per heavy atom. The van der Waals surface area contributed by atoms with Crippen LogP contribution in [0, 0.1) is 12.3 Å². The molecule has 1 aliphatic rings. The van der Waals surface area contributed by atoms with Crippen LogP contribution in [0.3, 0.4) is 0 Å². The third-order valence-corrected chi connectivity index (χ3v) is 7.69. The Morgan fingerprint density at radius 3 is 2.54 bits per heavy atom. The van der Waals surface area contributed by atoms with E-state index in [9.17, 15) is 4.79 Å². The number of rotatable bonds is 8. The molecule has 0 aliphatic carbocycles. The van der Waals surface area contributed by atoms with Gasteiger partial charge in [-0.1, -0.05) is 19.9 Å². The summed E-state index contributed by atoms with van der Waals surface area (Å²) < 4.78 is 2.00. The Balaban J connectivity index is 1.44. The molecule has 37 heavy (non-hydrogen) atoms. The molecule has 0 atom stereocenters. The van der Waals surface area contributed by atoms with E-state index in [1.54, 1.807) is 18.6 Å². The average molecular weight is 504 g/mol. The van der Waals surface area contributed by atoms with E-state index < -0.39 is 0 Å². The van der Waals surface area contributed by atoms with E-state index in [4.69, 9.17) is 5.10 Å². The van der Waals surface area contributed by atoms with Gasteiger partial charge in [-0.3, -0.25) is 4.98 Å². The summed E-state index contributed by atoms with van der Waals surface area (Å²) in [5, 5.41) is 11.4. The van der Waals surface area contributed by atoms with Gasteiger partial charge in [0.15, 0.2) is 0 Å². The van der Waals surface area contributed by atoms with Crippen molar-refractivity contribution in [3.8, 4) is 0 Å². The van der Waals surface area contributed by atoms with Crippen LogP contribution in [0.15, 0.2) is 42.9 Å². The number of likely N-dealkylation sites (tertiary alicyclic amines) is 1. The number of nitrogens with one attached hydrogen (secondary N) is 2. The highest BCUT2D eigenvalue weighted by Gasteiger charge is 2.37. The maximum atomic E-state index is 13.0. The highest BCUT2D eigenvalue weighted by molar-refractivity contribution is 5.89. The SMILES string of the molecule is CCC1(CC)CCN(C(=O)Nc2ccc(C)c(CCc3cc(Nc4cnccn4)n(C(C)(C)C)n3)c2)C1. The van der Waals surface area contributed by atoms with Gasteiger partial charge in [-0.25, -0.2) is 14.5 Å². The zero-order chi connectivity index (χ0) is 26.6. The minimum atomic E-state index is -0.189. The third kappa shape index (κ3) is 6.29. The van der Waals surface area contributed by atoms with Gasteiger partial charge in [0, 0.05) is 37.2 Å². The number of amides is 2. The number of carbonyl (C=O) groups is 1. The number of benzene rings is 1. The Labute approximate surface area is 220 Å². The summed E-state index contributed by atoms with van der Waals surface area (Å²) in [7, 11) is 0. The summed E-state index contributed by atoms with van der Waals surface area (Å²) in [6.45, 7) is 14.6. The van der Waals surface area contributed by atoms with Crippen LogP contribution in [0.1, 0.15) is 70.7 Å². The van der Waals surface area contributed by atoms with Gasteiger partial charge in [0.25, 0.3) is 0 Å². The summed E-state index contributed by atoms with van der Waals surface area (Å²) in [5.41, 5.74) is 4.36. The Bertz CT molecular complexity index is 1210. The number of aryl methyl sites for hydroxylation is 3. The second-order valence-electron chi connectivity index (χ2n) is 11.3. The van der Waals surface area contributed by atoms with E-state index in [0.717, 1.165) is 62.4 Å². The first kappa shape index (κ1) is 26.6. The number of aromatic nitrogens is 4. The minimum Gasteiger partial charge on any atom is -0.324 e. The molecule has 2 amide bonds. The summed E-state index contributed by atoms with van der Waals surface area (Å²) >= 11 is 0. The molecule has 0 radical (unpaired) electrons. The number of nitrogens with zero attached hydrogens (tertiary/aromatic N) is 5. The molecular weight excluding hydrogens is 462 g/mol. The Morgan fingerprint density at radius 2 is 1.89 bits per heavy atom. The van der Waals surface area contributed by atoms with Gasteiger partial charge in [-0.2, -0.15) is 5.10 Å². The summed E-state index contributed by atoms with van der Waals surface area (Å²) in [4.78, 5) is 23.4. The molecule has 1 aromatic carbocycles. The van der Waals surface area contributed by atoms with E-state index in [1.807, 2.05) is 15.6 Å². The van der Waals surface area contributed by atoms with Crippen molar-refractivity contribution in [1.29, 1.82) is 0 Å². The third-order valence-electron chi connectivity index (χ3n) is 7.69. The quantitative estimate of drug-likeness (QED) is 0.376. The number of hydrogen-bond donors (Lipinski definition) is 2. The van der Waals surface area contributed by atoms with E-state index in [0.29, 0.717) is 5.82 Å². The lowest BCUT2D eigenvalue weighted by atomic mass is 9.82. The highest BCUT2D eigenvalue weighted by atomic mass is 16.2. The minimum absolute atomic E-state index is 0.00206. The predicted octanol–water partition coefficient (Wildman–Crippen LogP) is 6.31. The van der Waals surface area contributed by atoms with Crippen LogP contribution in [0.25, 0.3) is 0 Å². The zero-order valence-corrected chi connectivity index (χ0v) is 23.1. The molecule has 0 unspecified atom stereocenters. The van der Waals surface area contributed by atoms with E-state index in [1.165, 1.54) is 11.1 Å². The van der Waals surface area contributed by atoms with Gasteiger partial charge in [0.2, 0.25) is 0 Å². The van der Waals surface area contributed by atoms with Crippen molar-refractivity contribution in [2.45, 2.75) is 79.2 Å². The highest BCUT2D eigenvalue weighted by Crippen LogP contribution is 2.37. The second kappa shape index (κ2) is 10.9. The van der Waals surface area contributed by atoms with Crippen LogP contribution in [-0.4, -0.2) is 43.8 Å². The van der Waals surface area contributed by atoms with Crippen LogP contribution in [0.2, 0.25) is 0 Å². The molecule has 198 valence electrons. The van der Waals surface area contributed by atoms with E-state index in [2.05, 4.69) is 80.3 Å². The molecule has 1 saturated heterocycles. The number of urea groups is 1. The van der Waals surface area contributed by atoms with Crippen LogP contribution >= 0.6 is 0 Å². The van der Waals surface area contributed by atoms with Gasteiger partial charge < -0.3 is 15.5 Å². The van der Waals surface area contributed by atoms with Crippen LogP contribution in [0.4, 0.5) is 22.1 Å². The molecule has 3 heterocycles. The van der Waals surface area contributed by atoms with Crippen molar-refractivity contribution in [1.82, 2.24) is 24.6 Å². The van der Waals surface area contributed by atoms with Gasteiger partial charge in [0.05, 0.1) is 17.4 Å².